The second-order valence-electron chi connectivity index (χ2n) is 4.65. The Kier molecular flexibility index (Phi) is 5.49. The highest BCUT2D eigenvalue weighted by Gasteiger charge is 2.20. The maximum Gasteiger partial charge on any atom is 0.0613 e. The summed E-state index contributed by atoms with van der Waals surface area (Å²) in [5.41, 5.74) is 0. The molecule has 2 nitrogen and oxygen atoms in total. The van der Waals surface area contributed by atoms with Gasteiger partial charge in [-0.15, -0.1) is 0 Å². The Hall–Kier alpha value is -0.0800. The first-order valence-corrected chi connectivity index (χ1v) is 6.01. The van der Waals surface area contributed by atoms with Gasteiger partial charge in [-0.05, 0) is 38.5 Å². The quantitative estimate of drug-likeness (QED) is 0.735. The fourth-order valence-electron chi connectivity index (χ4n) is 2.44. The van der Waals surface area contributed by atoms with Crippen molar-refractivity contribution in [2.24, 2.45) is 5.92 Å². The minimum absolute atomic E-state index is 0.503. The van der Waals surface area contributed by atoms with Crippen LogP contribution < -0.4 is 5.32 Å². The average molecular weight is 199 g/mol. The van der Waals surface area contributed by atoms with Gasteiger partial charge < -0.3 is 10.1 Å². The van der Waals surface area contributed by atoms with Crippen LogP contribution in [0.1, 0.15) is 46.0 Å². The van der Waals surface area contributed by atoms with E-state index in [0.29, 0.717) is 6.04 Å². The average Bonchev–Trinajstić information content (AvgIpc) is 2.19. The van der Waals surface area contributed by atoms with Crippen LogP contribution in [0.2, 0.25) is 0 Å². The molecule has 14 heavy (non-hydrogen) atoms. The third-order valence-corrected chi connectivity index (χ3v) is 3.36. The molecule has 1 fully saturated rings. The van der Waals surface area contributed by atoms with Crippen molar-refractivity contribution in [2.75, 3.05) is 13.7 Å². The van der Waals surface area contributed by atoms with Crippen molar-refractivity contribution in [2.45, 2.75) is 58.0 Å². The number of hydrogen-bond donors (Lipinski definition) is 1. The van der Waals surface area contributed by atoms with E-state index >= 15 is 0 Å². The van der Waals surface area contributed by atoms with E-state index in [1.54, 1.807) is 7.11 Å². The van der Waals surface area contributed by atoms with Crippen molar-refractivity contribution < 1.29 is 4.74 Å². The van der Waals surface area contributed by atoms with E-state index in [-0.39, 0.29) is 0 Å². The van der Waals surface area contributed by atoms with Crippen LogP contribution >= 0.6 is 0 Å². The lowest BCUT2D eigenvalue weighted by Gasteiger charge is -2.30. The molecule has 0 aromatic carbocycles. The van der Waals surface area contributed by atoms with Gasteiger partial charge in [0.1, 0.15) is 0 Å². The van der Waals surface area contributed by atoms with Crippen LogP contribution in [0.3, 0.4) is 0 Å². The lowest BCUT2D eigenvalue weighted by Crippen LogP contribution is -2.41. The molecular weight excluding hydrogens is 174 g/mol. The minimum atomic E-state index is 0.503. The summed E-state index contributed by atoms with van der Waals surface area (Å²) in [4.78, 5) is 0. The SMILES string of the molecule is CCC1CCC(N[C@H](C)COC)CC1. The van der Waals surface area contributed by atoms with Crippen molar-refractivity contribution in [1.82, 2.24) is 5.32 Å². The molecule has 0 amide bonds. The lowest BCUT2D eigenvalue weighted by molar-refractivity contribution is 0.158. The van der Waals surface area contributed by atoms with Gasteiger partial charge in [0.15, 0.2) is 0 Å². The topological polar surface area (TPSA) is 21.3 Å². The maximum absolute atomic E-state index is 5.12. The molecule has 1 aliphatic carbocycles. The lowest BCUT2D eigenvalue weighted by atomic mass is 9.84. The van der Waals surface area contributed by atoms with E-state index in [4.69, 9.17) is 4.74 Å². The van der Waals surface area contributed by atoms with E-state index < -0.39 is 0 Å². The summed E-state index contributed by atoms with van der Waals surface area (Å²) < 4.78 is 5.12. The largest absolute Gasteiger partial charge is 0.383 e. The van der Waals surface area contributed by atoms with Crippen LogP contribution in [0.4, 0.5) is 0 Å². The summed E-state index contributed by atoms with van der Waals surface area (Å²) >= 11 is 0. The van der Waals surface area contributed by atoms with Gasteiger partial charge in [-0.2, -0.15) is 0 Å². The molecule has 0 spiro atoms. The zero-order valence-electron chi connectivity index (χ0n) is 9.88. The smallest absolute Gasteiger partial charge is 0.0613 e. The molecule has 1 atom stereocenters. The Morgan fingerprint density at radius 1 is 1.29 bits per heavy atom. The standard InChI is InChI=1S/C12H25NO/c1-4-11-5-7-12(8-6-11)13-10(2)9-14-3/h10-13H,4-9H2,1-3H3/t10-,11?,12?/m1/s1. The van der Waals surface area contributed by atoms with Crippen LogP contribution in [-0.4, -0.2) is 25.8 Å². The molecule has 0 aromatic rings. The summed E-state index contributed by atoms with van der Waals surface area (Å²) in [6.45, 7) is 5.34. The van der Waals surface area contributed by atoms with E-state index in [1.807, 2.05) is 0 Å². The van der Waals surface area contributed by atoms with E-state index in [2.05, 4.69) is 19.2 Å². The van der Waals surface area contributed by atoms with Gasteiger partial charge >= 0.3 is 0 Å². The molecule has 1 rings (SSSR count). The predicted octanol–water partition coefficient (Wildman–Crippen LogP) is 2.58. The second-order valence-corrected chi connectivity index (χ2v) is 4.65. The Morgan fingerprint density at radius 3 is 2.43 bits per heavy atom. The van der Waals surface area contributed by atoms with Crippen LogP contribution in [0.25, 0.3) is 0 Å². The molecule has 1 N–H and O–H groups in total. The van der Waals surface area contributed by atoms with Crippen LogP contribution in [0, 0.1) is 5.92 Å². The molecule has 0 aromatic heterocycles. The monoisotopic (exact) mass is 199 g/mol. The molecule has 0 aliphatic heterocycles. The molecule has 0 radical (unpaired) electrons. The molecular formula is C12H25NO. The Bertz CT molecular complexity index is 141. The zero-order valence-corrected chi connectivity index (χ0v) is 9.88. The van der Waals surface area contributed by atoms with Crippen molar-refractivity contribution in [3.63, 3.8) is 0 Å². The van der Waals surface area contributed by atoms with Gasteiger partial charge in [0.2, 0.25) is 0 Å². The fourth-order valence-corrected chi connectivity index (χ4v) is 2.44. The fraction of sp³-hybridized carbons (Fsp3) is 1.00. The Labute approximate surface area is 88.4 Å². The number of hydrogen-bond acceptors (Lipinski definition) is 2. The van der Waals surface area contributed by atoms with E-state index in [0.717, 1.165) is 18.6 Å². The highest BCUT2D eigenvalue weighted by atomic mass is 16.5. The maximum atomic E-state index is 5.12. The highest BCUT2D eigenvalue weighted by Crippen LogP contribution is 2.26. The van der Waals surface area contributed by atoms with Gasteiger partial charge in [0.05, 0.1) is 6.61 Å². The normalized spacial score (nSPS) is 30.2. The molecule has 0 unspecified atom stereocenters. The molecule has 0 bridgehead atoms. The second kappa shape index (κ2) is 6.41. The molecule has 1 saturated carbocycles. The predicted molar refractivity (Wildman–Crippen MR) is 60.5 cm³/mol. The van der Waals surface area contributed by atoms with Crippen molar-refractivity contribution >= 4 is 0 Å². The first kappa shape index (κ1) is 12.0. The van der Waals surface area contributed by atoms with Gasteiger partial charge in [-0.1, -0.05) is 13.3 Å². The Balaban J connectivity index is 2.15. The van der Waals surface area contributed by atoms with Gasteiger partial charge in [0, 0.05) is 19.2 Å². The number of ether oxygens (including phenoxy) is 1. The van der Waals surface area contributed by atoms with Gasteiger partial charge in [0.25, 0.3) is 0 Å². The molecule has 1 aliphatic rings. The molecule has 2 heteroatoms. The third-order valence-electron chi connectivity index (χ3n) is 3.36. The number of rotatable bonds is 5. The van der Waals surface area contributed by atoms with E-state index in [9.17, 15) is 0 Å². The van der Waals surface area contributed by atoms with Crippen LogP contribution in [0.15, 0.2) is 0 Å². The van der Waals surface area contributed by atoms with Crippen molar-refractivity contribution in [1.29, 1.82) is 0 Å². The summed E-state index contributed by atoms with van der Waals surface area (Å²) in [7, 11) is 1.77. The first-order chi connectivity index (χ1) is 6.76. The summed E-state index contributed by atoms with van der Waals surface area (Å²) in [6.07, 6.45) is 6.89. The third kappa shape index (κ3) is 3.97. The minimum Gasteiger partial charge on any atom is -0.383 e. The Morgan fingerprint density at radius 2 is 1.93 bits per heavy atom. The number of methoxy groups -OCH3 is 1. The summed E-state index contributed by atoms with van der Waals surface area (Å²) in [5, 5.41) is 3.64. The van der Waals surface area contributed by atoms with Crippen molar-refractivity contribution in [3.8, 4) is 0 Å². The van der Waals surface area contributed by atoms with Gasteiger partial charge in [-0.3, -0.25) is 0 Å². The highest BCUT2D eigenvalue weighted by molar-refractivity contribution is 4.78. The van der Waals surface area contributed by atoms with Crippen molar-refractivity contribution in [3.05, 3.63) is 0 Å². The zero-order chi connectivity index (χ0) is 10.4. The number of nitrogens with one attached hydrogen (secondary N) is 1. The van der Waals surface area contributed by atoms with Crippen LogP contribution in [-0.2, 0) is 4.74 Å². The molecule has 0 saturated heterocycles. The summed E-state index contributed by atoms with van der Waals surface area (Å²) in [6, 6.07) is 1.24. The van der Waals surface area contributed by atoms with E-state index in [1.165, 1.54) is 32.1 Å². The first-order valence-electron chi connectivity index (χ1n) is 6.01. The molecule has 84 valence electrons. The molecule has 0 heterocycles. The van der Waals surface area contributed by atoms with Crippen LogP contribution in [0.5, 0.6) is 0 Å². The summed E-state index contributed by atoms with van der Waals surface area (Å²) in [5.74, 6) is 0.991. The van der Waals surface area contributed by atoms with Gasteiger partial charge in [-0.25, -0.2) is 0 Å².